The molecule has 18 heavy (non-hydrogen) atoms. The van der Waals surface area contributed by atoms with Crippen LogP contribution in [0.3, 0.4) is 0 Å². The molecule has 0 radical (unpaired) electrons. The van der Waals surface area contributed by atoms with Crippen LogP contribution in [0.15, 0.2) is 24.3 Å². The second-order valence-corrected chi connectivity index (χ2v) is 5.67. The highest BCUT2D eigenvalue weighted by Gasteiger charge is 2.16. The van der Waals surface area contributed by atoms with Gasteiger partial charge in [-0.05, 0) is 35.2 Å². The molecule has 0 fully saturated rings. The molecule has 0 aliphatic carbocycles. The summed E-state index contributed by atoms with van der Waals surface area (Å²) in [6.45, 7) is 8.82. The smallest absolute Gasteiger partial charge is 0.166 e. The second kappa shape index (κ2) is 6.74. The monoisotopic (exact) mass is 264 g/mol. The summed E-state index contributed by atoms with van der Waals surface area (Å²) in [4.78, 5) is 0. The van der Waals surface area contributed by atoms with Crippen LogP contribution in [0.5, 0.6) is 0 Å². The Morgan fingerprint density at radius 1 is 1.00 bits per heavy atom. The first kappa shape index (κ1) is 15.0. The summed E-state index contributed by atoms with van der Waals surface area (Å²) < 4.78 is 0. The van der Waals surface area contributed by atoms with Gasteiger partial charge in [0.2, 0.25) is 0 Å². The number of benzene rings is 1. The molecule has 1 atom stereocenters. The first-order valence-electron chi connectivity index (χ1n) is 6.53. The molecule has 0 spiro atoms. The molecule has 0 unspecified atom stereocenters. The van der Waals surface area contributed by atoms with Crippen LogP contribution in [0.2, 0.25) is 0 Å². The summed E-state index contributed by atoms with van der Waals surface area (Å²) in [5.74, 6) is 1.06. The Morgan fingerprint density at radius 2 is 1.50 bits per heavy atom. The van der Waals surface area contributed by atoms with Crippen molar-refractivity contribution in [1.29, 1.82) is 0 Å². The quantitative estimate of drug-likeness (QED) is 0.813. The van der Waals surface area contributed by atoms with Crippen molar-refractivity contribution < 1.29 is 0 Å². The van der Waals surface area contributed by atoms with Gasteiger partial charge in [0.1, 0.15) is 0 Å². The van der Waals surface area contributed by atoms with Gasteiger partial charge < -0.3 is 10.6 Å². The highest BCUT2D eigenvalue weighted by molar-refractivity contribution is 7.80. The first-order valence-corrected chi connectivity index (χ1v) is 6.94. The topological polar surface area (TPSA) is 24.1 Å². The number of nitrogens with one attached hydrogen (secondary N) is 2. The van der Waals surface area contributed by atoms with E-state index in [-0.39, 0.29) is 6.04 Å². The van der Waals surface area contributed by atoms with Crippen LogP contribution in [0.25, 0.3) is 0 Å². The fraction of sp³-hybridized carbons (Fsp3) is 0.533. The Hall–Kier alpha value is -1.09. The fourth-order valence-corrected chi connectivity index (χ4v) is 2.06. The molecule has 100 valence electrons. The average molecular weight is 264 g/mol. The molecule has 0 bridgehead atoms. The van der Waals surface area contributed by atoms with Crippen LogP contribution in [0.1, 0.15) is 50.8 Å². The molecule has 3 heteroatoms. The minimum atomic E-state index is 0.256. The number of rotatable bonds is 4. The van der Waals surface area contributed by atoms with Gasteiger partial charge in [0.15, 0.2) is 5.11 Å². The fourth-order valence-electron chi connectivity index (χ4n) is 1.94. The molecule has 0 heterocycles. The van der Waals surface area contributed by atoms with E-state index in [1.807, 2.05) is 7.05 Å². The van der Waals surface area contributed by atoms with E-state index in [0.717, 1.165) is 0 Å². The van der Waals surface area contributed by atoms with Gasteiger partial charge in [-0.15, -0.1) is 0 Å². The number of thiocarbonyl (C=S) groups is 1. The standard InChI is InChI=1S/C15H24N2S/c1-10(2)12-6-8-13(9-7-12)14(11(3)4)17-15(18)16-5/h6-11,14H,1-5H3,(H2,16,17,18)/t14-/m0/s1. The van der Waals surface area contributed by atoms with Crippen molar-refractivity contribution in [3.63, 3.8) is 0 Å². The minimum Gasteiger partial charge on any atom is -0.366 e. The summed E-state index contributed by atoms with van der Waals surface area (Å²) in [5, 5.41) is 7.02. The Kier molecular flexibility index (Phi) is 5.60. The molecule has 1 aromatic carbocycles. The van der Waals surface area contributed by atoms with Crippen LogP contribution in [0, 0.1) is 5.92 Å². The molecule has 1 aromatic rings. The van der Waals surface area contributed by atoms with E-state index in [1.165, 1.54) is 11.1 Å². The summed E-state index contributed by atoms with van der Waals surface area (Å²) in [6.07, 6.45) is 0. The molecule has 2 nitrogen and oxygen atoms in total. The Labute approximate surface area is 116 Å². The van der Waals surface area contributed by atoms with E-state index >= 15 is 0 Å². The molecule has 0 aliphatic rings. The molecule has 0 saturated heterocycles. The van der Waals surface area contributed by atoms with E-state index in [1.54, 1.807) is 0 Å². The van der Waals surface area contributed by atoms with Gasteiger partial charge in [-0.1, -0.05) is 52.0 Å². The van der Waals surface area contributed by atoms with Crippen molar-refractivity contribution in [3.05, 3.63) is 35.4 Å². The largest absolute Gasteiger partial charge is 0.366 e. The number of hydrogen-bond acceptors (Lipinski definition) is 1. The van der Waals surface area contributed by atoms with Gasteiger partial charge in [0, 0.05) is 7.05 Å². The molecule has 2 N–H and O–H groups in total. The zero-order chi connectivity index (χ0) is 13.7. The molecule has 0 aliphatic heterocycles. The maximum Gasteiger partial charge on any atom is 0.166 e. The summed E-state index contributed by atoms with van der Waals surface area (Å²) >= 11 is 5.20. The lowest BCUT2D eigenvalue weighted by atomic mass is 9.93. The lowest BCUT2D eigenvalue weighted by molar-refractivity contribution is 0.470. The van der Waals surface area contributed by atoms with Crippen LogP contribution in [-0.2, 0) is 0 Å². The second-order valence-electron chi connectivity index (χ2n) is 5.27. The van der Waals surface area contributed by atoms with Crippen molar-refractivity contribution in [3.8, 4) is 0 Å². The predicted molar refractivity (Wildman–Crippen MR) is 82.9 cm³/mol. The van der Waals surface area contributed by atoms with E-state index in [0.29, 0.717) is 16.9 Å². The Bertz CT molecular complexity index is 382. The average Bonchev–Trinajstić information content (AvgIpc) is 2.35. The van der Waals surface area contributed by atoms with Crippen molar-refractivity contribution in [1.82, 2.24) is 10.6 Å². The normalized spacial score (nSPS) is 12.6. The van der Waals surface area contributed by atoms with Crippen molar-refractivity contribution in [2.24, 2.45) is 5.92 Å². The third kappa shape index (κ3) is 3.98. The summed E-state index contributed by atoms with van der Waals surface area (Å²) in [6, 6.07) is 9.07. The predicted octanol–water partition coefficient (Wildman–Crippen LogP) is 3.60. The van der Waals surface area contributed by atoms with Crippen LogP contribution in [0.4, 0.5) is 0 Å². The maximum atomic E-state index is 5.20. The van der Waals surface area contributed by atoms with E-state index < -0.39 is 0 Å². The highest BCUT2D eigenvalue weighted by Crippen LogP contribution is 2.23. The van der Waals surface area contributed by atoms with Gasteiger partial charge in [-0.2, -0.15) is 0 Å². The summed E-state index contributed by atoms with van der Waals surface area (Å²) in [5.41, 5.74) is 2.66. The molecular weight excluding hydrogens is 240 g/mol. The van der Waals surface area contributed by atoms with E-state index in [4.69, 9.17) is 12.2 Å². The Morgan fingerprint density at radius 3 is 1.89 bits per heavy atom. The minimum absolute atomic E-state index is 0.256. The first-order chi connectivity index (χ1) is 8.45. The third-order valence-electron chi connectivity index (χ3n) is 3.14. The molecular formula is C15H24N2S. The van der Waals surface area contributed by atoms with Crippen molar-refractivity contribution in [2.45, 2.75) is 39.7 Å². The maximum absolute atomic E-state index is 5.20. The SMILES string of the molecule is CNC(=S)N[C@H](c1ccc(C(C)C)cc1)C(C)C. The van der Waals surface area contributed by atoms with Crippen LogP contribution < -0.4 is 10.6 Å². The van der Waals surface area contributed by atoms with Crippen LogP contribution >= 0.6 is 12.2 Å². The zero-order valence-electron chi connectivity index (χ0n) is 11.9. The highest BCUT2D eigenvalue weighted by atomic mass is 32.1. The Balaban J connectivity index is 2.89. The van der Waals surface area contributed by atoms with Gasteiger partial charge in [-0.25, -0.2) is 0 Å². The summed E-state index contributed by atoms with van der Waals surface area (Å²) in [7, 11) is 1.84. The third-order valence-corrected chi connectivity index (χ3v) is 3.46. The lowest BCUT2D eigenvalue weighted by Gasteiger charge is -2.24. The van der Waals surface area contributed by atoms with Crippen LogP contribution in [-0.4, -0.2) is 12.2 Å². The molecule has 0 saturated carbocycles. The van der Waals surface area contributed by atoms with Crippen molar-refractivity contribution in [2.75, 3.05) is 7.05 Å². The van der Waals surface area contributed by atoms with Gasteiger partial charge in [-0.3, -0.25) is 0 Å². The number of hydrogen-bond donors (Lipinski definition) is 2. The van der Waals surface area contributed by atoms with Gasteiger partial charge >= 0.3 is 0 Å². The van der Waals surface area contributed by atoms with Gasteiger partial charge in [0.05, 0.1) is 6.04 Å². The van der Waals surface area contributed by atoms with Gasteiger partial charge in [0.25, 0.3) is 0 Å². The molecule has 0 aromatic heterocycles. The van der Waals surface area contributed by atoms with E-state index in [2.05, 4.69) is 62.6 Å². The zero-order valence-corrected chi connectivity index (χ0v) is 12.8. The lowest BCUT2D eigenvalue weighted by Crippen LogP contribution is -2.37. The van der Waals surface area contributed by atoms with E-state index in [9.17, 15) is 0 Å². The molecule has 1 rings (SSSR count). The molecule has 0 amide bonds. The van der Waals surface area contributed by atoms with Crippen molar-refractivity contribution >= 4 is 17.3 Å².